The summed E-state index contributed by atoms with van der Waals surface area (Å²) >= 11 is 0. The molecule has 6 nitrogen and oxygen atoms in total. The number of carbonyl (C=O) groups is 1. The van der Waals surface area contributed by atoms with E-state index >= 15 is 0 Å². The van der Waals surface area contributed by atoms with Gasteiger partial charge in [-0.3, -0.25) is 4.79 Å². The van der Waals surface area contributed by atoms with Crippen molar-refractivity contribution in [3.8, 4) is 11.5 Å². The molecule has 1 amide bonds. The monoisotopic (exact) mass is 397 g/mol. The van der Waals surface area contributed by atoms with Crippen molar-refractivity contribution < 1.29 is 13.7 Å². The standard InChI is InChI=1S/C24H19N3O3/c1-3-27(18-11-10-16-7-4-5-8-17(16)13-18)24(28)19-14-20(21-9-6-12-29-21)25-23-22(19)15(2)26-30-23/h4-14H,3H2,1-2H3. The summed E-state index contributed by atoms with van der Waals surface area (Å²) in [6.45, 7) is 4.28. The topological polar surface area (TPSA) is 72.4 Å². The van der Waals surface area contributed by atoms with Gasteiger partial charge in [0.05, 0.1) is 22.9 Å². The van der Waals surface area contributed by atoms with Crippen molar-refractivity contribution in [1.82, 2.24) is 10.1 Å². The summed E-state index contributed by atoms with van der Waals surface area (Å²) in [5.74, 6) is 0.424. The van der Waals surface area contributed by atoms with E-state index in [1.807, 2.05) is 50.2 Å². The molecular weight excluding hydrogens is 378 g/mol. The molecular formula is C24H19N3O3. The lowest BCUT2D eigenvalue weighted by molar-refractivity contribution is 0.0990. The van der Waals surface area contributed by atoms with E-state index in [0.29, 0.717) is 40.4 Å². The number of aryl methyl sites for hydroxylation is 1. The van der Waals surface area contributed by atoms with Crippen LogP contribution in [0.5, 0.6) is 0 Å². The third kappa shape index (κ3) is 2.93. The fraction of sp³-hybridized carbons (Fsp3) is 0.125. The van der Waals surface area contributed by atoms with E-state index in [1.165, 1.54) is 0 Å². The Hall–Kier alpha value is -3.93. The summed E-state index contributed by atoms with van der Waals surface area (Å²) in [4.78, 5) is 19.9. The Kier molecular flexibility index (Phi) is 4.32. The lowest BCUT2D eigenvalue weighted by Gasteiger charge is -2.22. The van der Waals surface area contributed by atoms with Gasteiger partial charge in [-0.2, -0.15) is 0 Å². The van der Waals surface area contributed by atoms with Gasteiger partial charge in [0, 0.05) is 12.2 Å². The largest absolute Gasteiger partial charge is 0.463 e. The molecule has 3 heterocycles. The summed E-state index contributed by atoms with van der Waals surface area (Å²) in [6, 6.07) is 19.4. The first-order valence-corrected chi connectivity index (χ1v) is 9.77. The van der Waals surface area contributed by atoms with Crippen LogP contribution >= 0.6 is 0 Å². The van der Waals surface area contributed by atoms with Crippen LogP contribution in [0.15, 0.2) is 75.9 Å². The zero-order chi connectivity index (χ0) is 20.7. The highest BCUT2D eigenvalue weighted by atomic mass is 16.5. The molecule has 0 bridgehead atoms. The molecule has 0 saturated carbocycles. The number of fused-ring (bicyclic) bond motifs is 2. The van der Waals surface area contributed by atoms with E-state index in [9.17, 15) is 4.79 Å². The normalized spacial score (nSPS) is 11.3. The molecule has 0 saturated heterocycles. The molecule has 0 atom stereocenters. The van der Waals surface area contributed by atoms with Crippen LogP contribution in [0.2, 0.25) is 0 Å². The second kappa shape index (κ2) is 7.15. The van der Waals surface area contributed by atoms with Crippen LogP contribution in [-0.2, 0) is 0 Å². The van der Waals surface area contributed by atoms with Crippen LogP contribution in [0.1, 0.15) is 23.0 Å². The van der Waals surface area contributed by atoms with Crippen molar-refractivity contribution >= 4 is 33.5 Å². The molecule has 0 radical (unpaired) electrons. The molecule has 6 heteroatoms. The number of hydrogen-bond acceptors (Lipinski definition) is 5. The fourth-order valence-electron chi connectivity index (χ4n) is 3.75. The van der Waals surface area contributed by atoms with Crippen LogP contribution in [0.4, 0.5) is 5.69 Å². The average Bonchev–Trinajstić information content (AvgIpc) is 3.44. The molecule has 0 unspecified atom stereocenters. The maximum absolute atomic E-state index is 13.7. The van der Waals surface area contributed by atoms with Gasteiger partial charge >= 0.3 is 0 Å². The van der Waals surface area contributed by atoms with Gasteiger partial charge in [-0.15, -0.1) is 0 Å². The number of furan rings is 1. The number of benzene rings is 2. The van der Waals surface area contributed by atoms with E-state index < -0.39 is 0 Å². The first kappa shape index (κ1) is 18.1. The predicted molar refractivity (Wildman–Crippen MR) is 116 cm³/mol. The number of amides is 1. The number of pyridine rings is 1. The number of hydrogen-bond donors (Lipinski definition) is 0. The molecule has 5 rings (SSSR count). The van der Waals surface area contributed by atoms with Gasteiger partial charge in [-0.25, -0.2) is 4.98 Å². The van der Waals surface area contributed by atoms with Gasteiger partial charge in [0.2, 0.25) is 0 Å². The van der Waals surface area contributed by atoms with Gasteiger partial charge < -0.3 is 13.8 Å². The summed E-state index contributed by atoms with van der Waals surface area (Å²) < 4.78 is 10.9. The molecule has 148 valence electrons. The van der Waals surface area contributed by atoms with Crippen LogP contribution in [0.25, 0.3) is 33.3 Å². The molecule has 3 aromatic heterocycles. The highest BCUT2D eigenvalue weighted by Gasteiger charge is 2.24. The Morgan fingerprint density at radius 3 is 2.63 bits per heavy atom. The average molecular weight is 397 g/mol. The minimum absolute atomic E-state index is 0.140. The van der Waals surface area contributed by atoms with Crippen molar-refractivity contribution in [3.63, 3.8) is 0 Å². The molecule has 30 heavy (non-hydrogen) atoms. The van der Waals surface area contributed by atoms with Crippen molar-refractivity contribution in [2.45, 2.75) is 13.8 Å². The second-order valence-corrected chi connectivity index (χ2v) is 7.06. The quantitative estimate of drug-likeness (QED) is 0.394. The zero-order valence-electron chi connectivity index (χ0n) is 16.6. The molecule has 0 aliphatic heterocycles. The third-order valence-corrected chi connectivity index (χ3v) is 5.23. The van der Waals surface area contributed by atoms with Gasteiger partial charge in [0.1, 0.15) is 5.69 Å². The summed E-state index contributed by atoms with van der Waals surface area (Å²) in [5, 5.41) is 6.85. The molecule has 0 spiro atoms. The van der Waals surface area contributed by atoms with Crippen molar-refractivity contribution in [1.29, 1.82) is 0 Å². The summed E-state index contributed by atoms with van der Waals surface area (Å²) in [6.07, 6.45) is 1.57. The van der Waals surface area contributed by atoms with Crippen molar-refractivity contribution in [2.75, 3.05) is 11.4 Å². The first-order chi connectivity index (χ1) is 14.7. The summed E-state index contributed by atoms with van der Waals surface area (Å²) in [7, 11) is 0. The number of anilines is 1. The number of nitrogens with zero attached hydrogens (tertiary/aromatic N) is 3. The number of aromatic nitrogens is 2. The second-order valence-electron chi connectivity index (χ2n) is 7.06. The molecule has 0 N–H and O–H groups in total. The summed E-state index contributed by atoms with van der Waals surface area (Å²) in [5.41, 5.74) is 2.79. The van der Waals surface area contributed by atoms with E-state index in [4.69, 9.17) is 8.94 Å². The lowest BCUT2D eigenvalue weighted by atomic mass is 10.1. The number of rotatable bonds is 4. The minimum Gasteiger partial charge on any atom is -0.463 e. The molecule has 0 aliphatic carbocycles. The molecule has 5 aromatic rings. The van der Waals surface area contributed by atoms with E-state index in [-0.39, 0.29) is 5.91 Å². The number of carbonyl (C=O) groups excluding carboxylic acids is 1. The minimum atomic E-state index is -0.140. The smallest absolute Gasteiger partial charge is 0.259 e. The molecule has 0 fully saturated rings. The van der Waals surface area contributed by atoms with Gasteiger partial charge in [0.25, 0.3) is 11.6 Å². The highest BCUT2D eigenvalue weighted by molar-refractivity contribution is 6.14. The lowest BCUT2D eigenvalue weighted by Crippen LogP contribution is -2.31. The highest BCUT2D eigenvalue weighted by Crippen LogP contribution is 2.30. The van der Waals surface area contributed by atoms with Crippen molar-refractivity contribution in [2.24, 2.45) is 0 Å². The molecule has 2 aromatic carbocycles. The zero-order valence-corrected chi connectivity index (χ0v) is 16.6. The Labute approximate surface area is 172 Å². The van der Waals surface area contributed by atoms with Gasteiger partial charge in [-0.05, 0) is 55.0 Å². The van der Waals surface area contributed by atoms with Gasteiger partial charge in [0.15, 0.2) is 5.76 Å². The van der Waals surface area contributed by atoms with E-state index in [2.05, 4.69) is 16.2 Å². The Balaban J connectivity index is 1.65. The third-order valence-electron chi connectivity index (χ3n) is 5.23. The van der Waals surface area contributed by atoms with Crippen LogP contribution in [-0.4, -0.2) is 22.6 Å². The van der Waals surface area contributed by atoms with Crippen LogP contribution in [0, 0.1) is 6.92 Å². The predicted octanol–water partition coefficient (Wildman–Crippen LogP) is 5.61. The first-order valence-electron chi connectivity index (χ1n) is 9.77. The Morgan fingerprint density at radius 1 is 1.03 bits per heavy atom. The Bertz CT molecular complexity index is 1370. The van der Waals surface area contributed by atoms with Crippen LogP contribution in [0.3, 0.4) is 0 Å². The SMILES string of the molecule is CCN(C(=O)c1cc(-c2ccco2)nc2onc(C)c12)c1ccc2ccccc2c1. The van der Waals surface area contributed by atoms with E-state index in [1.54, 1.807) is 29.4 Å². The maximum Gasteiger partial charge on any atom is 0.259 e. The Morgan fingerprint density at radius 2 is 1.87 bits per heavy atom. The fourth-order valence-corrected chi connectivity index (χ4v) is 3.75. The van der Waals surface area contributed by atoms with Crippen molar-refractivity contribution in [3.05, 3.63) is 78.2 Å². The van der Waals surface area contributed by atoms with Gasteiger partial charge in [-0.1, -0.05) is 35.5 Å². The van der Waals surface area contributed by atoms with Crippen LogP contribution < -0.4 is 4.90 Å². The molecule has 0 aliphatic rings. The van der Waals surface area contributed by atoms with E-state index in [0.717, 1.165) is 16.5 Å². The maximum atomic E-state index is 13.7.